The number of hydrogen-bond donors (Lipinski definition) is 1. The van der Waals surface area contributed by atoms with Crippen LogP contribution in [0.25, 0.3) is 0 Å². The molecular formula is C9H14O2. The average Bonchev–Trinajstić information content (AvgIpc) is 1.77. The molecule has 1 aliphatic heterocycles. The van der Waals surface area contributed by atoms with E-state index >= 15 is 0 Å². The van der Waals surface area contributed by atoms with E-state index < -0.39 is 5.60 Å². The Kier molecular flexibility index (Phi) is 1.96. The van der Waals surface area contributed by atoms with Gasteiger partial charge in [-0.05, 0) is 20.8 Å². The quantitative estimate of drug-likeness (QED) is 0.523. The van der Waals surface area contributed by atoms with E-state index in [1.807, 2.05) is 20.8 Å². The predicted octanol–water partition coefficient (Wildman–Crippen LogP) is 0.797. The minimum absolute atomic E-state index is 0.0364. The van der Waals surface area contributed by atoms with E-state index in [0.717, 1.165) is 0 Å². The van der Waals surface area contributed by atoms with Crippen molar-refractivity contribution in [3.8, 4) is 11.8 Å². The third-order valence-corrected chi connectivity index (χ3v) is 1.35. The van der Waals surface area contributed by atoms with Crippen LogP contribution in [-0.4, -0.2) is 23.9 Å². The first kappa shape index (κ1) is 8.58. The highest BCUT2D eigenvalue weighted by molar-refractivity contribution is 5.20. The Morgan fingerprint density at radius 1 is 1.36 bits per heavy atom. The zero-order valence-electron chi connectivity index (χ0n) is 7.27. The Hall–Kier alpha value is -0.520. The minimum Gasteiger partial charge on any atom is -0.373 e. The van der Waals surface area contributed by atoms with E-state index in [1.54, 1.807) is 0 Å². The summed E-state index contributed by atoms with van der Waals surface area (Å²) in [4.78, 5) is 0. The topological polar surface area (TPSA) is 29.5 Å². The van der Waals surface area contributed by atoms with Gasteiger partial charge < -0.3 is 9.84 Å². The highest BCUT2D eigenvalue weighted by atomic mass is 16.5. The van der Waals surface area contributed by atoms with Crippen LogP contribution in [0.3, 0.4) is 0 Å². The van der Waals surface area contributed by atoms with Crippen LogP contribution in [-0.2, 0) is 4.74 Å². The van der Waals surface area contributed by atoms with Gasteiger partial charge in [-0.15, -0.1) is 0 Å². The second-order valence-corrected chi connectivity index (χ2v) is 4.02. The van der Waals surface area contributed by atoms with Gasteiger partial charge >= 0.3 is 0 Å². The molecule has 1 N–H and O–H groups in total. The maximum absolute atomic E-state index is 9.47. The van der Waals surface area contributed by atoms with Crippen molar-refractivity contribution in [1.29, 1.82) is 0 Å². The summed E-state index contributed by atoms with van der Waals surface area (Å²) in [5.74, 6) is 5.80. The van der Waals surface area contributed by atoms with Gasteiger partial charge in [0.25, 0.3) is 0 Å². The zero-order valence-corrected chi connectivity index (χ0v) is 7.27. The van der Waals surface area contributed by atoms with Gasteiger partial charge in [-0.1, -0.05) is 11.8 Å². The van der Waals surface area contributed by atoms with E-state index in [1.165, 1.54) is 0 Å². The minimum atomic E-state index is -0.854. The molecule has 0 aliphatic carbocycles. The van der Waals surface area contributed by atoms with Gasteiger partial charge in [0.05, 0.1) is 13.2 Å². The lowest BCUT2D eigenvalue weighted by atomic mass is 9.94. The van der Waals surface area contributed by atoms with Crippen molar-refractivity contribution >= 4 is 0 Å². The standard InChI is InChI=1S/C9H14O2/c1-8(2,3)4-5-9(10)6-11-7-9/h10H,6-7H2,1-3H3. The first-order chi connectivity index (χ1) is 4.91. The molecule has 0 saturated carbocycles. The molecule has 11 heavy (non-hydrogen) atoms. The SMILES string of the molecule is CC(C)(C)C#CC1(O)COC1. The van der Waals surface area contributed by atoms with E-state index in [9.17, 15) is 5.11 Å². The van der Waals surface area contributed by atoms with E-state index in [-0.39, 0.29) is 5.41 Å². The fourth-order valence-corrected chi connectivity index (χ4v) is 0.671. The fourth-order valence-electron chi connectivity index (χ4n) is 0.671. The molecule has 0 atom stereocenters. The summed E-state index contributed by atoms with van der Waals surface area (Å²) in [6.07, 6.45) is 0. The molecule has 0 amide bonds. The van der Waals surface area contributed by atoms with E-state index in [2.05, 4.69) is 11.8 Å². The monoisotopic (exact) mass is 154 g/mol. The molecular weight excluding hydrogens is 140 g/mol. The first-order valence-corrected chi connectivity index (χ1v) is 3.76. The van der Waals surface area contributed by atoms with Gasteiger partial charge in [0, 0.05) is 5.41 Å². The van der Waals surface area contributed by atoms with Crippen LogP contribution in [0.5, 0.6) is 0 Å². The number of ether oxygens (including phenoxy) is 1. The molecule has 1 saturated heterocycles. The highest BCUT2D eigenvalue weighted by Gasteiger charge is 2.34. The second-order valence-electron chi connectivity index (χ2n) is 4.02. The molecule has 62 valence electrons. The maximum atomic E-state index is 9.47. The van der Waals surface area contributed by atoms with Crippen molar-refractivity contribution < 1.29 is 9.84 Å². The molecule has 0 spiro atoms. The third-order valence-electron chi connectivity index (χ3n) is 1.35. The summed E-state index contributed by atoms with van der Waals surface area (Å²) in [6.45, 7) is 6.76. The van der Waals surface area contributed by atoms with Gasteiger partial charge in [0.1, 0.15) is 0 Å². The maximum Gasteiger partial charge on any atom is 0.171 e. The van der Waals surface area contributed by atoms with Crippen LogP contribution in [0.2, 0.25) is 0 Å². The molecule has 0 aromatic carbocycles. The van der Waals surface area contributed by atoms with Gasteiger partial charge in [-0.3, -0.25) is 0 Å². The van der Waals surface area contributed by atoms with Crippen LogP contribution >= 0.6 is 0 Å². The Morgan fingerprint density at radius 3 is 2.18 bits per heavy atom. The molecule has 0 unspecified atom stereocenters. The molecule has 1 rings (SSSR count). The largest absolute Gasteiger partial charge is 0.373 e. The molecule has 0 aromatic rings. The second kappa shape index (κ2) is 2.51. The fraction of sp³-hybridized carbons (Fsp3) is 0.778. The van der Waals surface area contributed by atoms with Crippen LogP contribution in [0.1, 0.15) is 20.8 Å². The Labute approximate surface area is 67.6 Å². The van der Waals surface area contributed by atoms with Crippen molar-refractivity contribution in [1.82, 2.24) is 0 Å². The van der Waals surface area contributed by atoms with Crippen molar-refractivity contribution in [2.75, 3.05) is 13.2 Å². The van der Waals surface area contributed by atoms with Crippen molar-refractivity contribution in [3.63, 3.8) is 0 Å². The molecule has 0 radical (unpaired) electrons. The lowest BCUT2D eigenvalue weighted by molar-refractivity contribution is -0.141. The van der Waals surface area contributed by atoms with Crippen LogP contribution < -0.4 is 0 Å². The van der Waals surface area contributed by atoms with Crippen LogP contribution in [0.4, 0.5) is 0 Å². The Bertz CT molecular complexity index is 198. The summed E-state index contributed by atoms with van der Waals surface area (Å²) in [7, 11) is 0. The molecule has 0 bridgehead atoms. The van der Waals surface area contributed by atoms with E-state index in [0.29, 0.717) is 13.2 Å². The molecule has 1 fully saturated rings. The first-order valence-electron chi connectivity index (χ1n) is 3.76. The Morgan fingerprint density at radius 2 is 1.91 bits per heavy atom. The summed E-state index contributed by atoms with van der Waals surface area (Å²) in [6, 6.07) is 0. The molecule has 1 aliphatic rings. The lowest BCUT2D eigenvalue weighted by Crippen LogP contribution is -2.48. The van der Waals surface area contributed by atoms with Crippen molar-refractivity contribution in [3.05, 3.63) is 0 Å². The average molecular weight is 154 g/mol. The molecule has 2 nitrogen and oxygen atoms in total. The van der Waals surface area contributed by atoms with Gasteiger partial charge in [-0.25, -0.2) is 0 Å². The number of rotatable bonds is 0. The molecule has 2 heteroatoms. The number of hydrogen-bond acceptors (Lipinski definition) is 2. The van der Waals surface area contributed by atoms with E-state index in [4.69, 9.17) is 4.74 Å². The normalized spacial score (nSPS) is 21.5. The summed E-state index contributed by atoms with van der Waals surface area (Å²) < 4.78 is 4.85. The smallest absolute Gasteiger partial charge is 0.171 e. The predicted molar refractivity (Wildman–Crippen MR) is 43.0 cm³/mol. The molecule has 0 aromatic heterocycles. The van der Waals surface area contributed by atoms with Gasteiger partial charge in [0.2, 0.25) is 0 Å². The summed E-state index contributed by atoms with van der Waals surface area (Å²) in [5.41, 5.74) is -0.890. The third kappa shape index (κ3) is 2.53. The van der Waals surface area contributed by atoms with Crippen LogP contribution in [0, 0.1) is 17.3 Å². The Balaban J connectivity index is 2.56. The zero-order chi connectivity index (χ0) is 8.54. The summed E-state index contributed by atoms with van der Waals surface area (Å²) >= 11 is 0. The van der Waals surface area contributed by atoms with Gasteiger partial charge in [0.15, 0.2) is 5.60 Å². The van der Waals surface area contributed by atoms with Gasteiger partial charge in [-0.2, -0.15) is 0 Å². The lowest BCUT2D eigenvalue weighted by Gasteiger charge is -2.31. The van der Waals surface area contributed by atoms with Crippen LogP contribution in [0.15, 0.2) is 0 Å². The summed E-state index contributed by atoms with van der Waals surface area (Å²) in [5, 5.41) is 9.47. The molecule has 1 heterocycles. The highest BCUT2D eigenvalue weighted by Crippen LogP contribution is 2.17. The van der Waals surface area contributed by atoms with Crippen molar-refractivity contribution in [2.45, 2.75) is 26.4 Å². The van der Waals surface area contributed by atoms with Crippen molar-refractivity contribution in [2.24, 2.45) is 5.41 Å². The number of aliphatic hydroxyl groups is 1.